The Morgan fingerprint density at radius 3 is 2.33 bits per heavy atom. The number of hydrogen-bond donors (Lipinski definition) is 0. The molecule has 1 aliphatic heterocycles. The lowest BCUT2D eigenvalue weighted by atomic mass is 10.1. The highest BCUT2D eigenvalue weighted by molar-refractivity contribution is 7.89. The Balaban J connectivity index is 1.74. The van der Waals surface area contributed by atoms with Crippen molar-refractivity contribution in [2.45, 2.75) is 24.0 Å². The molecule has 2 aromatic rings. The Bertz CT molecular complexity index is 988. The highest BCUT2D eigenvalue weighted by Gasteiger charge is 2.50. The van der Waals surface area contributed by atoms with E-state index in [9.17, 15) is 28.1 Å². The molecule has 1 amide bonds. The summed E-state index contributed by atoms with van der Waals surface area (Å²) < 4.78 is 30.8. The molecule has 1 atom stereocenters. The number of hydrogen-bond acceptors (Lipinski definition) is 7. The number of esters is 1. The van der Waals surface area contributed by atoms with Gasteiger partial charge in [0.2, 0.25) is 5.91 Å². The summed E-state index contributed by atoms with van der Waals surface area (Å²) in [6, 6.07) is 11.6. The fourth-order valence-electron chi connectivity index (χ4n) is 2.56. The summed E-state index contributed by atoms with van der Waals surface area (Å²) >= 11 is 0. The molecule has 9 nitrogen and oxygen atoms in total. The molecule has 0 aromatic heterocycles. The lowest BCUT2D eigenvalue weighted by Crippen LogP contribution is -2.59. The van der Waals surface area contributed by atoms with E-state index in [1.165, 1.54) is 0 Å². The first kappa shape index (κ1) is 18.5. The molecule has 1 heterocycles. The maximum absolute atomic E-state index is 12.6. The average Bonchev–Trinajstić information content (AvgIpc) is 2.64. The van der Waals surface area contributed by atoms with Gasteiger partial charge in [-0.15, -0.1) is 0 Å². The molecule has 3 rings (SSSR count). The normalized spacial score (nSPS) is 16.5. The van der Waals surface area contributed by atoms with Gasteiger partial charge in [-0.1, -0.05) is 30.3 Å². The van der Waals surface area contributed by atoms with Crippen LogP contribution in [0.2, 0.25) is 0 Å². The number of benzene rings is 2. The third kappa shape index (κ3) is 3.65. The molecule has 0 bridgehead atoms. The van der Waals surface area contributed by atoms with E-state index in [1.54, 1.807) is 30.3 Å². The minimum absolute atomic E-state index is 0.0459. The number of sulfonamides is 1. The van der Waals surface area contributed by atoms with E-state index in [-0.39, 0.29) is 23.6 Å². The molecule has 1 aliphatic rings. The molecule has 27 heavy (non-hydrogen) atoms. The number of nitrogens with zero attached hydrogens (tertiary/aromatic N) is 2. The standard InChI is InChI=1S/C17H14N2O7S/c20-16-10-15(17(21)26-11-12-4-2-1-3-5-12)18(16)27(24,25)14-8-6-13(7-9-14)19(22)23/h1-9,15H,10-11H2. The summed E-state index contributed by atoms with van der Waals surface area (Å²) in [6.45, 7) is -0.0459. The summed E-state index contributed by atoms with van der Waals surface area (Å²) in [5, 5.41) is 10.7. The van der Waals surface area contributed by atoms with Gasteiger partial charge in [-0.2, -0.15) is 0 Å². The zero-order chi connectivity index (χ0) is 19.6. The number of carbonyl (C=O) groups is 2. The minimum atomic E-state index is -4.31. The second-order valence-corrected chi connectivity index (χ2v) is 7.57. The Kier molecular flexibility index (Phi) is 4.91. The van der Waals surface area contributed by atoms with E-state index >= 15 is 0 Å². The Labute approximate surface area is 154 Å². The number of nitro groups is 1. The summed E-state index contributed by atoms with van der Waals surface area (Å²) in [5.74, 6) is -1.57. The van der Waals surface area contributed by atoms with E-state index in [0.717, 1.165) is 29.8 Å². The van der Waals surface area contributed by atoms with Crippen LogP contribution in [-0.4, -0.2) is 35.6 Å². The number of carbonyl (C=O) groups excluding carboxylic acids is 2. The number of β-lactam (4-membered cyclic amide) rings is 1. The first-order chi connectivity index (χ1) is 12.8. The molecule has 0 N–H and O–H groups in total. The average molecular weight is 390 g/mol. The molecule has 0 spiro atoms. The van der Waals surface area contributed by atoms with Crippen LogP contribution in [0, 0.1) is 10.1 Å². The lowest BCUT2D eigenvalue weighted by Gasteiger charge is -2.37. The van der Waals surface area contributed by atoms with Crippen molar-refractivity contribution >= 4 is 27.6 Å². The molecule has 0 aliphatic carbocycles. The van der Waals surface area contributed by atoms with Crippen LogP contribution in [0.1, 0.15) is 12.0 Å². The number of non-ortho nitro benzene ring substituents is 1. The zero-order valence-corrected chi connectivity index (χ0v) is 14.7. The highest BCUT2D eigenvalue weighted by Crippen LogP contribution is 2.30. The van der Waals surface area contributed by atoms with Crippen LogP contribution in [-0.2, 0) is 31.0 Å². The van der Waals surface area contributed by atoms with Gasteiger partial charge in [0.1, 0.15) is 6.61 Å². The second kappa shape index (κ2) is 7.16. The summed E-state index contributed by atoms with van der Waals surface area (Å²) in [4.78, 5) is 33.7. The van der Waals surface area contributed by atoms with Gasteiger partial charge in [-0.25, -0.2) is 17.5 Å². The van der Waals surface area contributed by atoms with Crippen molar-refractivity contribution in [2.75, 3.05) is 0 Å². The first-order valence-electron chi connectivity index (χ1n) is 7.83. The third-order valence-corrected chi connectivity index (χ3v) is 5.84. The molecular formula is C17H14N2O7S. The summed E-state index contributed by atoms with van der Waals surface area (Å²) in [7, 11) is -4.31. The monoisotopic (exact) mass is 390 g/mol. The summed E-state index contributed by atoms with van der Waals surface area (Å²) in [5.41, 5.74) is 0.434. The maximum Gasteiger partial charge on any atom is 0.330 e. The quantitative estimate of drug-likeness (QED) is 0.318. The SMILES string of the molecule is O=C(OCc1ccccc1)C1CC(=O)N1S(=O)(=O)c1ccc([N+](=O)[O-])cc1. The van der Waals surface area contributed by atoms with Crippen molar-refractivity contribution in [2.24, 2.45) is 0 Å². The van der Waals surface area contributed by atoms with Gasteiger partial charge in [0, 0.05) is 12.1 Å². The van der Waals surface area contributed by atoms with Gasteiger partial charge < -0.3 is 4.74 Å². The Morgan fingerprint density at radius 1 is 1.15 bits per heavy atom. The van der Waals surface area contributed by atoms with Crippen molar-refractivity contribution in [1.82, 2.24) is 4.31 Å². The fourth-order valence-corrected chi connectivity index (χ4v) is 4.10. The molecule has 0 saturated carbocycles. The number of ether oxygens (including phenoxy) is 1. The molecule has 140 valence electrons. The minimum Gasteiger partial charge on any atom is -0.459 e. The van der Waals surface area contributed by atoms with Gasteiger partial charge in [0.15, 0.2) is 6.04 Å². The Morgan fingerprint density at radius 2 is 1.78 bits per heavy atom. The molecule has 0 radical (unpaired) electrons. The van der Waals surface area contributed by atoms with Gasteiger partial charge in [0.05, 0.1) is 16.2 Å². The molecule has 10 heteroatoms. The molecule has 1 saturated heterocycles. The largest absolute Gasteiger partial charge is 0.459 e. The lowest BCUT2D eigenvalue weighted by molar-refractivity contribution is -0.384. The molecule has 2 aromatic carbocycles. The van der Waals surface area contributed by atoms with Crippen molar-refractivity contribution in [3.05, 3.63) is 70.3 Å². The maximum atomic E-state index is 12.6. The van der Waals surface area contributed by atoms with Gasteiger partial charge in [0.25, 0.3) is 15.7 Å². The second-order valence-electron chi connectivity index (χ2n) is 5.76. The van der Waals surface area contributed by atoms with E-state index in [1.807, 2.05) is 0 Å². The van der Waals surface area contributed by atoms with Crippen LogP contribution in [0.25, 0.3) is 0 Å². The number of rotatable bonds is 6. The van der Waals surface area contributed by atoms with Crippen LogP contribution in [0.5, 0.6) is 0 Å². The van der Waals surface area contributed by atoms with Gasteiger partial charge in [-0.05, 0) is 17.7 Å². The topological polar surface area (TPSA) is 124 Å². The smallest absolute Gasteiger partial charge is 0.330 e. The number of amides is 1. The van der Waals surface area contributed by atoms with E-state index in [0.29, 0.717) is 4.31 Å². The van der Waals surface area contributed by atoms with Gasteiger partial charge >= 0.3 is 5.97 Å². The predicted molar refractivity (Wildman–Crippen MR) is 91.8 cm³/mol. The van der Waals surface area contributed by atoms with Crippen LogP contribution in [0.3, 0.4) is 0 Å². The Hall–Kier alpha value is -3.27. The first-order valence-corrected chi connectivity index (χ1v) is 9.27. The molecular weight excluding hydrogens is 376 g/mol. The summed E-state index contributed by atoms with van der Waals surface area (Å²) in [6.07, 6.45) is -0.278. The number of nitro benzene ring substituents is 1. The van der Waals surface area contributed by atoms with Crippen molar-refractivity contribution < 1.29 is 27.7 Å². The van der Waals surface area contributed by atoms with Gasteiger partial charge in [-0.3, -0.25) is 14.9 Å². The van der Waals surface area contributed by atoms with E-state index in [2.05, 4.69) is 0 Å². The van der Waals surface area contributed by atoms with E-state index < -0.39 is 32.9 Å². The third-order valence-electron chi connectivity index (χ3n) is 4.00. The van der Waals surface area contributed by atoms with Crippen molar-refractivity contribution in [3.8, 4) is 0 Å². The fraction of sp³-hybridized carbons (Fsp3) is 0.176. The zero-order valence-electron chi connectivity index (χ0n) is 13.8. The highest BCUT2D eigenvalue weighted by atomic mass is 32.2. The molecule has 1 unspecified atom stereocenters. The van der Waals surface area contributed by atoms with Crippen molar-refractivity contribution in [3.63, 3.8) is 0 Å². The molecule has 1 fully saturated rings. The van der Waals surface area contributed by atoms with Crippen LogP contribution >= 0.6 is 0 Å². The predicted octanol–water partition coefficient (Wildman–Crippen LogP) is 1.63. The van der Waals surface area contributed by atoms with E-state index in [4.69, 9.17) is 4.74 Å². The van der Waals surface area contributed by atoms with Crippen molar-refractivity contribution in [1.29, 1.82) is 0 Å². The van der Waals surface area contributed by atoms with Crippen LogP contribution < -0.4 is 0 Å². The van der Waals surface area contributed by atoms with Crippen LogP contribution in [0.15, 0.2) is 59.5 Å². The van der Waals surface area contributed by atoms with Crippen LogP contribution in [0.4, 0.5) is 5.69 Å².